The number of aryl methyl sites for hydroxylation is 1. The zero-order valence-electron chi connectivity index (χ0n) is 9.73. The fourth-order valence-corrected chi connectivity index (χ4v) is 1.90. The van der Waals surface area contributed by atoms with Gasteiger partial charge in [0.2, 0.25) is 0 Å². The van der Waals surface area contributed by atoms with Gasteiger partial charge < -0.3 is 15.5 Å². The maximum atomic E-state index is 10.8. The van der Waals surface area contributed by atoms with Crippen LogP contribution in [0.4, 0.5) is 5.82 Å². The fourth-order valence-electron chi connectivity index (χ4n) is 1.90. The number of aromatic nitrogens is 1. The summed E-state index contributed by atoms with van der Waals surface area (Å²) < 4.78 is 0. The highest BCUT2D eigenvalue weighted by Crippen LogP contribution is 2.31. The van der Waals surface area contributed by atoms with Crippen LogP contribution in [0.2, 0.25) is 0 Å². The molecule has 1 fully saturated rings. The smallest absolute Gasteiger partial charge is 0.337 e. The number of nitrogens with one attached hydrogen (secondary N) is 1. The van der Waals surface area contributed by atoms with E-state index in [4.69, 9.17) is 5.11 Å². The Kier molecular flexibility index (Phi) is 3.02. The summed E-state index contributed by atoms with van der Waals surface area (Å²) in [6.07, 6.45) is 2.68. The normalized spacial score (nSPS) is 17.3. The summed E-state index contributed by atoms with van der Waals surface area (Å²) in [5.41, 5.74) is 0.0714. The summed E-state index contributed by atoms with van der Waals surface area (Å²) in [5, 5.41) is 21.8. The van der Waals surface area contributed by atoms with Crippen LogP contribution < -0.4 is 5.32 Å². The molecule has 1 aromatic heterocycles. The van der Waals surface area contributed by atoms with Crippen molar-refractivity contribution in [2.45, 2.75) is 31.8 Å². The molecule has 0 bridgehead atoms. The van der Waals surface area contributed by atoms with E-state index in [-0.39, 0.29) is 5.56 Å². The number of hydrogen-bond acceptors (Lipinski definition) is 4. The summed E-state index contributed by atoms with van der Waals surface area (Å²) >= 11 is 0. The van der Waals surface area contributed by atoms with Crippen molar-refractivity contribution in [1.82, 2.24) is 4.98 Å². The highest BCUT2D eigenvalue weighted by molar-refractivity contribution is 5.89. The predicted molar refractivity (Wildman–Crippen MR) is 63.2 cm³/mol. The molecule has 0 aromatic carbocycles. The van der Waals surface area contributed by atoms with Crippen molar-refractivity contribution in [3.63, 3.8) is 0 Å². The van der Waals surface area contributed by atoms with Crippen LogP contribution in [-0.4, -0.2) is 33.3 Å². The molecule has 0 unspecified atom stereocenters. The van der Waals surface area contributed by atoms with Crippen LogP contribution in [0.3, 0.4) is 0 Å². The lowest BCUT2D eigenvalue weighted by molar-refractivity contribution is -0.0202. The molecule has 0 amide bonds. The topological polar surface area (TPSA) is 82.5 Å². The van der Waals surface area contributed by atoms with Crippen LogP contribution >= 0.6 is 0 Å². The standard InChI is InChI=1S/C12H16N2O3/c1-8-9(11(15)16)3-4-10(14-8)13-7-12(17)5-2-6-12/h3-4,17H,2,5-7H2,1H3,(H,13,14)(H,15,16). The molecule has 17 heavy (non-hydrogen) atoms. The maximum Gasteiger partial charge on any atom is 0.337 e. The Hall–Kier alpha value is -1.62. The molecule has 5 nitrogen and oxygen atoms in total. The van der Waals surface area contributed by atoms with Gasteiger partial charge in [0.1, 0.15) is 5.82 Å². The molecule has 0 radical (unpaired) electrons. The van der Waals surface area contributed by atoms with Gasteiger partial charge in [0, 0.05) is 6.54 Å². The summed E-state index contributed by atoms with van der Waals surface area (Å²) in [6.45, 7) is 2.12. The van der Waals surface area contributed by atoms with Gasteiger partial charge in [-0.05, 0) is 38.3 Å². The molecule has 0 atom stereocenters. The molecular formula is C12H16N2O3. The van der Waals surface area contributed by atoms with E-state index in [2.05, 4.69) is 10.3 Å². The number of nitrogens with zero attached hydrogens (tertiary/aromatic N) is 1. The SMILES string of the molecule is Cc1nc(NCC2(O)CCC2)ccc1C(=O)O. The minimum absolute atomic E-state index is 0.206. The van der Waals surface area contributed by atoms with E-state index < -0.39 is 11.6 Å². The minimum atomic E-state index is -0.973. The van der Waals surface area contributed by atoms with Crippen LogP contribution in [0.5, 0.6) is 0 Å². The first-order valence-electron chi connectivity index (χ1n) is 5.67. The molecular weight excluding hydrogens is 220 g/mol. The molecule has 0 saturated heterocycles. The molecule has 5 heteroatoms. The maximum absolute atomic E-state index is 10.8. The number of anilines is 1. The Balaban J connectivity index is 2.02. The van der Waals surface area contributed by atoms with Gasteiger partial charge in [0.15, 0.2) is 0 Å². The molecule has 92 valence electrons. The van der Waals surface area contributed by atoms with Crippen molar-refractivity contribution >= 4 is 11.8 Å². The third-order valence-electron chi connectivity index (χ3n) is 3.20. The van der Waals surface area contributed by atoms with Crippen molar-refractivity contribution in [1.29, 1.82) is 0 Å². The summed E-state index contributed by atoms with van der Waals surface area (Å²) in [6, 6.07) is 3.15. The number of aliphatic hydroxyl groups is 1. The van der Waals surface area contributed by atoms with E-state index in [0.717, 1.165) is 19.3 Å². The lowest BCUT2D eigenvalue weighted by Crippen LogP contribution is -2.43. The molecule has 1 heterocycles. The Morgan fingerprint density at radius 1 is 1.53 bits per heavy atom. The Morgan fingerprint density at radius 2 is 2.24 bits per heavy atom. The lowest BCUT2D eigenvalue weighted by atomic mass is 9.80. The molecule has 0 spiro atoms. The second-order valence-electron chi connectivity index (χ2n) is 4.57. The van der Waals surface area contributed by atoms with Gasteiger partial charge in [-0.25, -0.2) is 9.78 Å². The molecule has 1 aliphatic rings. The quantitative estimate of drug-likeness (QED) is 0.736. The molecule has 2 rings (SSSR count). The fraction of sp³-hybridized carbons (Fsp3) is 0.500. The molecule has 0 aliphatic heterocycles. The van der Waals surface area contributed by atoms with Crippen molar-refractivity contribution in [3.05, 3.63) is 23.4 Å². The van der Waals surface area contributed by atoms with Gasteiger partial charge in [0.25, 0.3) is 0 Å². The van der Waals surface area contributed by atoms with E-state index in [1.54, 1.807) is 13.0 Å². The summed E-state index contributed by atoms with van der Waals surface area (Å²) in [4.78, 5) is 15.0. The number of hydrogen-bond donors (Lipinski definition) is 3. The number of carboxylic acid groups (broad SMARTS) is 1. The summed E-state index contributed by atoms with van der Waals surface area (Å²) in [5.74, 6) is -0.369. The van der Waals surface area contributed by atoms with E-state index in [1.807, 2.05) is 0 Å². The molecule has 1 aromatic rings. The average molecular weight is 236 g/mol. The number of aromatic carboxylic acids is 1. The predicted octanol–water partition coefficient (Wildman–Crippen LogP) is 1.42. The first kappa shape index (κ1) is 11.9. The van der Waals surface area contributed by atoms with Crippen LogP contribution in [0, 0.1) is 6.92 Å². The monoisotopic (exact) mass is 236 g/mol. The second kappa shape index (κ2) is 4.33. The Bertz CT molecular complexity index is 441. The van der Waals surface area contributed by atoms with Gasteiger partial charge in [-0.1, -0.05) is 0 Å². The lowest BCUT2D eigenvalue weighted by Gasteiger charge is -2.36. The van der Waals surface area contributed by atoms with Gasteiger partial charge >= 0.3 is 5.97 Å². The van der Waals surface area contributed by atoms with Gasteiger partial charge in [-0.3, -0.25) is 0 Å². The van der Waals surface area contributed by atoms with Crippen molar-refractivity contribution in [2.75, 3.05) is 11.9 Å². The number of carboxylic acids is 1. The van der Waals surface area contributed by atoms with Crippen LogP contribution in [0.1, 0.15) is 35.3 Å². The van der Waals surface area contributed by atoms with Crippen LogP contribution in [-0.2, 0) is 0 Å². The summed E-state index contributed by atoms with van der Waals surface area (Å²) in [7, 11) is 0. The Morgan fingerprint density at radius 3 is 2.71 bits per heavy atom. The highest BCUT2D eigenvalue weighted by atomic mass is 16.4. The largest absolute Gasteiger partial charge is 0.478 e. The van der Waals surface area contributed by atoms with Crippen LogP contribution in [0.25, 0.3) is 0 Å². The number of rotatable bonds is 4. The number of pyridine rings is 1. The zero-order chi connectivity index (χ0) is 12.5. The average Bonchev–Trinajstić information content (AvgIpc) is 2.23. The third-order valence-corrected chi connectivity index (χ3v) is 3.20. The van der Waals surface area contributed by atoms with E-state index >= 15 is 0 Å². The van der Waals surface area contributed by atoms with Crippen LogP contribution in [0.15, 0.2) is 12.1 Å². The second-order valence-corrected chi connectivity index (χ2v) is 4.57. The van der Waals surface area contributed by atoms with Gasteiger partial charge in [-0.15, -0.1) is 0 Å². The molecule has 1 saturated carbocycles. The zero-order valence-corrected chi connectivity index (χ0v) is 9.73. The molecule has 3 N–H and O–H groups in total. The minimum Gasteiger partial charge on any atom is -0.478 e. The van der Waals surface area contributed by atoms with Crippen molar-refractivity contribution in [2.24, 2.45) is 0 Å². The van der Waals surface area contributed by atoms with Gasteiger partial charge in [0.05, 0.1) is 16.9 Å². The third kappa shape index (κ3) is 2.55. The molecule has 1 aliphatic carbocycles. The highest BCUT2D eigenvalue weighted by Gasteiger charge is 2.34. The first-order chi connectivity index (χ1) is 8.00. The van der Waals surface area contributed by atoms with Gasteiger partial charge in [-0.2, -0.15) is 0 Å². The van der Waals surface area contributed by atoms with Crippen molar-refractivity contribution in [3.8, 4) is 0 Å². The Labute approximate surface area is 99.5 Å². The number of carbonyl (C=O) groups is 1. The van der Waals surface area contributed by atoms with Crippen molar-refractivity contribution < 1.29 is 15.0 Å². The first-order valence-corrected chi connectivity index (χ1v) is 5.67. The van der Waals surface area contributed by atoms with E-state index in [1.165, 1.54) is 6.07 Å². The van der Waals surface area contributed by atoms with E-state index in [9.17, 15) is 9.90 Å². The van der Waals surface area contributed by atoms with E-state index in [0.29, 0.717) is 18.1 Å².